The van der Waals surface area contributed by atoms with Gasteiger partial charge in [0.25, 0.3) is 0 Å². The average molecular weight is 409 g/mol. The Kier molecular flexibility index (Phi) is 6.24. The molecular formula is C18H20INO2. The van der Waals surface area contributed by atoms with Crippen LogP contribution in [0.1, 0.15) is 24.0 Å². The number of benzene rings is 2. The van der Waals surface area contributed by atoms with Gasteiger partial charge in [0.05, 0.1) is 6.61 Å². The molecule has 116 valence electrons. The third-order valence-corrected chi connectivity index (χ3v) is 3.98. The summed E-state index contributed by atoms with van der Waals surface area (Å²) in [5.74, 6) is 0.911. The van der Waals surface area contributed by atoms with Crippen molar-refractivity contribution < 1.29 is 9.53 Å². The number of hydrogen-bond acceptors (Lipinski definition) is 2. The number of aryl methyl sites for hydroxylation is 2. The van der Waals surface area contributed by atoms with Crippen molar-refractivity contribution in [1.29, 1.82) is 0 Å². The maximum Gasteiger partial charge on any atom is 0.224 e. The summed E-state index contributed by atoms with van der Waals surface area (Å²) in [6.07, 6.45) is 1.15. The standard InChI is InChI=1S/C18H20INO2/c1-13-5-10-17(14(2)12-13)22-11-3-4-18(21)20-16-8-6-15(19)7-9-16/h5-10,12H,3-4,11H2,1-2H3,(H,20,21). The van der Waals surface area contributed by atoms with Crippen LogP contribution < -0.4 is 10.1 Å². The van der Waals surface area contributed by atoms with Crippen LogP contribution in [0.3, 0.4) is 0 Å². The molecule has 0 bridgehead atoms. The fraction of sp³-hybridized carbons (Fsp3) is 0.278. The van der Waals surface area contributed by atoms with Gasteiger partial charge in [-0.05, 0) is 78.8 Å². The first-order chi connectivity index (χ1) is 10.5. The fourth-order valence-corrected chi connectivity index (χ4v) is 2.49. The van der Waals surface area contributed by atoms with E-state index in [0.717, 1.165) is 20.6 Å². The second-order valence-electron chi connectivity index (χ2n) is 5.28. The monoisotopic (exact) mass is 409 g/mol. The van der Waals surface area contributed by atoms with E-state index in [-0.39, 0.29) is 5.91 Å². The molecule has 4 heteroatoms. The molecule has 0 aliphatic carbocycles. The molecule has 0 fully saturated rings. The van der Waals surface area contributed by atoms with Crippen LogP contribution in [0.15, 0.2) is 42.5 Å². The van der Waals surface area contributed by atoms with Gasteiger partial charge in [-0.15, -0.1) is 0 Å². The van der Waals surface area contributed by atoms with Gasteiger partial charge in [0, 0.05) is 15.7 Å². The molecule has 0 aliphatic heterocycles. The molecule has 1 N–H and O–H groups in total. The SMILES string of the molecule is Cc1ccc(OCCCC(=O)Nc2ccc(I)cc2)c(C)c1. The second kappa shape index (κ2) is 8.17. The smallest absolute Gasteiger partial charge is 0.224 e. The number of ether oxygens (including phenoxy) is 1. The zero-order valence-electron chi connectivity index (χ0n) is 12.9. The zero-order valence-corrected chi connectivity index (χ0v) is 15.0. The number of amides is 1. The van der Waals surface area contributed by atoms with Gasteiger partial charge in [-0.3, -0.25) is 4.79 Å². The Morgan fingerprint density at radius 1 is 1.14 bits per heavy atom. The minimum absolute atomic E-state index is 0.0189. The van der Waals surface area contributed by atoms with Gasteiger partial charge in [-0.25, -0.2) is 0 Å². The summed E-state index contributed by atoms with van der Waals surface area (Å²) in [6.45, 7) is 4.64. The van der Waals surface area contributed by atoms with Crippen LogP contribution in [0.2, 0.25) is 0 Å². The Morgan fingerprint density at radius 3 is 2.55 bits per heavy atom. The minimum Gasteiger partial charge on any atom is -0.493 e. The lowest BCUT2D eigenvalue weighted by atomic mass is 10.1. The van der Waals surface area contributed by atoms with Crippen molar-refractivity contribution in [2.24, 2.45) is 0 Å². The first kappa shape index (κ1) is 16.8. The molecule has 0 saturated heterocycles. The predicted octanol–water partition coefficient (Wildman–Crippen LogP) is 4.71. The van der Waals surface area contributed by atoms with E-state index in [1.165, 1.54) is 5.56 Å². The van der Waals surface area contributed by atoms with Gasteiger partial charge in [0.2, 0.25) is 5.91 Å². The van der Waals surface area contributed by atoms with E-state index >= 15 is 0 Å². The van der Waals surface area contributed by atoms with Crippen LogP contribution in [-0.4, -0.2) is 12.5 Å². The molecule has 2 aromatic carbocycles. The molecule has 0 spiro atoms. The maximum absolute atomic E-state index is 11.9. The molecule has 0 aliphatic rings. The second-order valence-corrected chi connectivity index (χ2v) is 6.52. The van der Waals surface area contributed by atoms with E-state index in [9.17, 15) is 4.79 Å². The molecule has 2 aromatic rings. The van der Waals surface area contributed by atoms with Crippen molar-refractivity contribution in [3.05, 3.63) is 57.2 Å². The first-order valence-electron chi connectivity index (χ1n) is 7.30. The largest absolute Gasteiger partial charge is 0.493 e. The average Bonchev–Trinajstić information content (AvgIpc) is 2.48. The Bertz CT molecular complexity index is 638. The molecule has 0 aromatic heterocycles. The molecule has 0 saturated carbocycles. The van der Waals surface area contributed by atoms with Crippen molar-refractivity contribution >= 4 is 34.2 Å². The van der Waals surface area contributed by atoms with Crippen LogP contribution in [0, 0.1) is 17.4 Å². The summed E-state index contributed by atoms with van der Waals surface area (Å²) < 4.78 is 6.88. The molecule has 3 nitrogen and oxygen atoms in total. The molecule has 0 atom stereocenters. The number of hydrogen-bond donors (Lipinski definition) is 1. The Morgan fingerprint density at radius 2 is 1.86 bits per heavy atom. The minimum atomic E-state index is 0.0189. The number of nitrogens with one attached hydrogen (secondary N) is 1. The lowest BCUT2D eigenvalue weighted by Crippen LogP contribution is -2.12. The van der Waals surface area contributed by atoms with Crippen LogP contribution in [0.5, 0.6) is 5.75 Å². The van der Waals surface area contributed by atoms with E-state index in [2.05, 4.69) is 40.9 Å². The lowest BCUT2D eigenvalue weighted by Gasteiger charge is -2.10. The summed E-state index contributed by atoms with van der Waals surface area (Å²) in [5.41, 5.74) is 3.19. The van der Waals surface area contributed by atoms with Crippen LogP contribution >= 0.6 is 22.6 Å². The molecular weight excluding hydrogens is 389 g/mol. The third-order valence-electron chi connectivity index (χ3n) is 3.26. The van der Waals surface area contributed by atoms with E-state index in [1.807, 2.05) is 43.3 Å². The fourth-order valence-electron chi connectivity index (χ4n) is 2.13. The van der Waals surface area contributed by atoms with Gasteiger partial charge < -0.3 is 10.1 Å². The van der Waals surface area contributed by atoms with Crippen molar-refractivity contribution in [3.63, 3.8) is 0 Å². The Labute approximate surface area is 145 Å². The zero-order chi connectivity index (χ0) is 15.9. The lowest BCUT2D eigenvalue weighted by molar-refractivity contribution is -0.116. The summed E-state index contributed by atoms with van der Waals surface area (Å²) >= 11 is 2.24. The van der Waals surface area contributed by atoms with Crippen molar-refractivity contribution in [2.75, 3.05) is 11.9 Å². The summed E-state index contributed by atoms with van der Waals surface area (Å²) in [5, 5.41) is 2.89. The number of anilines is 1. The highest BCUT2D eigenvalue weighted by atomic mass is 127. The van der Waals surface area contributed by atoms with Crippen LogP contribution in [-0.2, 0) is 4.79 Å². The quantitative estimate of drug-likeness (QED) is 0.555. The van der Waals surface area contributed by atoms with Gasteiger partial charge in [0.15, 0.2) is 0 Å². The Balaban J connectivity index is 1.72. The molecule has 0 unspecified atom stereocenters. The van der Waals surface area contributed by atoms with Crippen LogP contribution in [0.25, 0.3) is 0 Å². The first-order valence-corrected chi connectivity index (χ1v) is 8.38. The highest BCUT2D eigenvalue weighted by Crippen LogP contribution is 2.19. The normalized spacial score (nSPS) is 10.3. The molecule has 2 rings (SSSR count). The van der Waals surface area contributed by atoms with E-state index in [4.69, 9.17) is 4.74 Å². The summed E-state index contributed by atoms with van der Waals surface area (Å²) in [6, 6.07) is 13.9. The number of carbonyl (C=O) groups excluding carboxylic acids is 1. The third kappa shape index (κ3) is 5.33. The molecule has 1 amide bonds. The van der Waals surface area contributed by atoms with Gasteiger partial charge >= 0.3 is 0 Å². The topological polar surface area (TPSA) is 38.3 Å². The van der Waals surface area contributed by atoms with Gasteiger partial charge in [-0.2, -0.15) is 0 Å². The predicted molar refractivity (Wildman–Crippen MR) is 98.4 cm³/mol. The van der Waals surface area contributed by atoms with E-state index < -0.39 is 0 Å². The Hall–Kier alpha value is -1.56. The highest BCUT2D eigenvalue weighted by molar-refractivity contribution is 14.1. The number of halogens is 1. The van der Waals surface area contributed by atoms with E-state index in [0.29, 0.717) is 19.4 Å². The molecule has 0 heterocycles. The summed E-state index contributed by atoms with van der Waals surface area (Å²) in [7, 11) is 0. The molecule has 22 heavy (non-hydrogen) atoms. The van der Waals surface area contributed by atoms with Crippen molar-refractivity contribution in [3.8, 4) is 5.75 Å². The summed E-state index contributed by atoms with van der Waals surface area (Å²) in [4.78, 5) is 11.9. The number of rotatable bonds is 6. The van der Waals surface area contributed by atoms with Crippen LogP contribution in [0.4, 0.5) is 5.69 Å². The van der Waals surface area contributed by atoms with E-state index in [1.54, 1.807) is 0 Å². The number of carbonyl (C=O) groups is 1. The van der Waals surface area contributed by atoms with Gasteiger partial charge in [0.1, 0.15) is 5.75 Å². The maximum atomic E-state index is 11.9. The van der Waals surface area contributed by atoms with Crippen molar-refractivity contribution in [2.45, 2.75) is 26.7 Å². The van der Waals surface area contributed by atoms with Gasteiger partial charge in [-0.1, -0.05) is 17.7 Å². The van der Waals surface area contributed by atoms with Crippen molar-refractivity contribution in [1.82, 2.24) is 0 Å². The molecule has 0 radical (unpaired) electrons. The highest BCUT2D eigenvalue weighted by Gasteiger charge is 2.04.